The van der Waals surface area contributed by atoms with Gasteiger partial charge in [-0.1, -0.05) is 41.5 Å². The third-order valence-corrected chi connectivity index (χ3v) is 14.0. The summed E-state index contributed by atoms with van der Waals surface area (Å²) in [4.78, 5) is 12.1. The molecule has 3 N–H and O–H groups in total. The van der Waals surface area contributed by atoms with Crippen LogP contribution in [0.2, 0.25) is 0 Å². The van der Waals surface area contributed by atoms with Gasteiger partial charge in [-0.15, -0.1) is 0 Å². The minimum absolute atomic E-state index is 0.0296. The molecule has 194 valence electrons. The summed E-state index contributed by atoms with van der Waals surface area (Å²) in [6, 6.07) is 0. The maximum absolute atomic E-state index is 12.1. The molecular formula is C30H50O4. The second kappa shape index (κ2) is 7.70. The van der Waals surface area contributed by atoms with Gasteiger partial charge in [0.15, 0.2) is 0 Å². The van der Waals surface area contributed by atoms with E-state index in [1.807, 2.05) is 6.92 Å². The molecule has 5 aliphatic rings. The summed E-state index contributed by atoms with van der Waals surface area (Å²) in [6.45, 7) is 14.5. The lowest BCUT2D eigenvalue weighted by Crippen LogP contribution is -2.67. The number of carboxylic acids is 1. The number of hydrogen-bond acceptors (Lipinski definition) is 3. The summed E-state index contributed by atoms with van der Waals surface area (Å²) in [5.74, 6) is 1.24. The Bertz CT molecular complexity index is 838. The van der Waals surface area contributed by atoms with Gasteiger partial charge < -0.3 is 15.3 Å². The van der Waals surface area contributed by atoms with Crippen molar-refractivity contribution in [1.82, 2.24) is 0 Å². The Labute approximate surface area is 207 Å². The highest BCUT2D eigenvalue weighted by Gasteiger charge is 2.71. The number of rotatable bonds is 3. The molecule has 5 saturated carbocycles. The molecule has 4 nitrogen and oxygen atoms in total. The first-order valence-electron chi connectivity index (χ1n) is 14.3. The highest BCUT2D eigenvalue weighted by Crippen LogP contribution is 2.77. The number of carboxylic acid groups (broad SMARTS) is 1. The van der Waals surface area contributed by atoms with Gasteiger partial charge in [-0.25, -0.2) is 0 Å². The largest absolute Gasteiger partial charge is 0.481 e. The van der Waals surface area contributed by atoms with E-state index in [-0.39, 0.29) is 51.6 Å². The highest BCUT2D eigenvalue weighted by atomic mass is 16.4. The quantitative estimate of drug-likeness (QED) is 0.459. The van der Waals surface area contributed by atoms with Gasteiger partial charge in [0, 0.05) is 6.61 Å². The van der Waals surface area contributed by atoms with E-state index in [4.69, 9.17) is 0 Å². The molecule has 34 heavy (non-hydrogen) atoms. The number of carbonyl (C=O) groups is 1. The molecule has 0 unspecified atom stereocenters. The molecule has 5 rings (SSSR count). The molecule has 0 aromatic heterocycles. The van der Waals surface area contributed by atoms with Gasteiger partial charge in [0.25, 0.3) is 0 Å². The lowest BCUT2D eigenvalue weighted by molar-refractivity contribution is -0.251. The normalized spacial score (nSPS) is 54.8. The Morgan fingerprint density at radius 1 is 0.853 bits per heavy atom. The van der Waals surface area contributed by atoms with Crippen LogP contribution in [0.25, 0.3) is 0 Å². The molecule has 0 saturated heterocycles. The molecule has 0 heterocycles. The number of aliphatic hydroxyl groups excluding tert-OH is 2. The molecule has 0 bridgehead atoms. The molecule has 0 spiro atoms. The van der Waals surface area contributed by atoms with Gasteiger partial charge in [-0.05, 0) is 121 Å². The molecule has 0 aromatic carbocycles. The number of hydrogen-bond donors (Lipinski definition) is 3. The third kappa shape index (κ3) is 2.93. The predicted octanol–water partition coefficient (Wildman–Crippen LogP) is 6.14. The summed E-state index contributed by atoms with van der Waals surface area (Å²) >= 11 is 0. The first kappa shape index (κ1) is 25.1. The topological polar surface area (TPSA) is 77.8 Å². The standard InChI is InChI=1S/C30H50O4/c1-18(25(33)34)19-9-14-30(17-31)16-15-28(5)20(24(19)30)7-8-22-27(4)12-11-23(32)26(2,3)21(27)10-13-29(22,28)6/h18-24,31-32H,7-17H2,1-6H3,(H,33,34)/t18-,19-,20+,21+,22-,23+,24+,27-,28-,29+,30+/m1/s1. The molecule has 0 amide bonds. The Hall–Kier alpha value is -0.610. The number of aliphatic hydroxyl groups is 2. The van der Waals surface area contributed by atoms with E-state index < -0.39 is 5.97 Å². The van der Waals surface area contributed by atoms with Gasteiger partial charge in [0.1, 0.15) is 0 Å². The van der Waals surface area contributed by atoms with Crippen LogP contribution in [0.1, 0.15) is 106 Å². The minimum atomic E-state index is -0.665. The fraction of sp³-hybridized carbons (Fsp3) is 0.967. The van der Waals surface area contributed by atoms with Crippen molar-refractivity contribution >= 4 is 5.97 Å². The minimum Gasteiger partial charge on any atom is -0.481 e. The fourth-order valence-electron chi connectivity index (χ4n) is 11.8. The van der Waals surface area contributed by atoms with Crippen molar-refractivity contribution in [1.29, 1.82) is 0 Å². The summed E-state index contributed by atoms with van der Waals surface area (Å²) < 4.78 is 0. The maximum atomic E-state index is 12.1. The van der Waals surface area contributed by atoms with E-state index in [1.54, 1.807) is 0 Å². The Balaban J connectivity index is 1.54. The van der Waals surface area contributed by atoms with Crippen molar-refractivity contribution in [2.45, 2.75) is 112 Å². The molecule has 0 aromatic rings. The Kier molecular flexibility index (Phi) is 5.67. The fourth-order valence-corrected chi connectivity index (χ4v) is 11.8. The van der Waals surface area contributed by atoms with Gasteiger partial charge in [0.05, 0.1) is 12.0 Å². The van der Waals surface area contributed by atoms with Crippen molar-refractivity contribution < 1.29 is 20.1 Å². The average molecular weight is 475 g/mol. The summed E-state index contributed by atoms with van der Waals surface area (Å²) in [6.07, 6.45) is 10.8. The molecule has 4 heteroatoms. The molecule has 5 fully saturated rings. The van der Waals surface area contributed by atoms with Crippen molar-refractivity contribution in [3.8, 4) is 0 Å². The van der Waals surface area contributed by atoms with E-state index in [0.29, 0.717) is 23.7 Å². The lowest BCUT2D eigenvalue weighted by Gasteiger charge is -2.73. The Morgan fingerprint density at radius 2 is 1.56 bits per heavy atom. The van der Waals surface area contributed by atoms with Gasteiger partial charge in [0.2, 0.25) is 0 Å². The zero-order chi connectivity index (χ0) is 24.9. The second-order valence-electron chi connectivity index (χ2n) is 14.9. The van der Waals surface area contributed by atoms with Crippen LogP contribution in [0.3, 0.4) is 0 Å². The molecular weight excluding hydrogens is 424 g/mol. The van der Waals surface area contributed by atoms with Crippen LogP contribution in [0.5, 0.6) is 0 Å². The van der Waals surface area contributed by atoms with Crippen LogP contribution >= 0.6 is 0 Å². The smallest absolute Gasteiger partial charge is 0.306 e. The van der Waals surface area contributed by atoms with Gasteiger partial charge in [-0.2, -0.15) is 0 Å². The van der Waals surface area contributed by atoms with Crippen molar-refractivity contribution in [2.75, 3.05) is 6.61 Å². The molecule has 0 aliphatic heterocycles. The predicted molar refractivity (Wildman–Crippen MR) is 134 cm³/mol. The van der Waals surface area contributed by atoms with E-state index in [1.165, 1.54) is 32.1 Å². The number of aliphatic carboxylic acids is 1. The number of fused-ring (bicyclic) bond motifs is 7. The van der Waals surface area contributed by atoms with Crippen LogP contribution in [-0.4, -0.2) is 34.0 Å². The van der Waals surface area contributed by atoms with Crippen molar-refractivity contribution in [3.63, 3.8) is 0 Å². The molecule has 11 atom stereocenters. The van der Waals surface area contributed by atoms with Crippen LogP contribution in [-0.2, 0) is 4.79 Å². The zero-order valence-electron chi connectivity index (χ0n) is 22.6. The van der Waals surface area contributed by atoms with E-state index in [9.17, 15) is 20.1 Å². The van der Waals surface area contributed by atoms with Crippen LogP contribution in [0.4, 0.5) is 0 Å². The SMILES string of the molecule is C[C@@H](C(=O)O)[C@H]1CC[C@@]2(CO)CC[C@]3(C)[C@@H](CC[C@@H]4[C@]5(C)CC[C@H](O)C(C)(C)[C@@H]5CC[C@@]43C)[C@H]12. The maximum Gasteiger partial charge on any atom is 0.306 e. The van der Waals surface area contributed by atoms with Gasteiger partial charge >= 0.3 is 5.97 Å². The van der Waals surface area contributed by atoms with Gasteiger partial charge in [-0.3, -0.25) is 4.79 Å². The van der Waals surface area contributed by atoms with E-state index in [0.717, 1.165) is 32.1 Å². The third-order valence-electron chi connectivity index (χ3n) is 14.0. The highest BCUT2D eigenvalue weighted by molar-refractivity contribution is 5.70. The van der Waals surface area contributed by atoms with Crippen LogP contribution < -0.4 is 0 Å². The zero-order valence-corrected chi connectivity index (χ0v) is 22.6. The first-order valence-corrected chi connectivity index (χ1v) is 14.3. The average Bonchev–Trinajstić information content (AvgIpc) is 3.16. The van der Waals surface area contributed by atoms with E-state index >= 15 is 0 Å². The molecule has 0 radical (unpaired) electrons. The van der Waals surface area contributed by atoms with Crippen molar-refractivity contribution in [3.05, 3.63) is 0 Å². The monoisotopic (exact) mass is 474 g/mol. The van der Waals surface area contributed by atoms with Crippen LogP contribution in [0.15, 0.2) is 0 Å². The van der Waals surface area contributed by atoms with Crippen LogP contribution in [0, 0.1) is 62.6 Å². The first-order chi connectivity index (χ1) is 15.8. The summed E-state index contributed by atoms with van der Waals surface area (Å²) in [5.41, 5.74) is 0.589. The van der Waals surface area contributed by atoms with E-state index in [2.05, 4.69) is 34.6 Å². The summed E-state index contributed by atoms with van der Waals surface area (Å²) in [7, 11) is 0. The second-order valence-corrected chi connectivity index (χ2v) is 14.9. The molecule has 5 aliphatic carbocycles. The summed E-state index contributed by atoms with van der Waals surface area (Å²) in [5, 5.41) is 31.5. The Morgan fingerprint density at radius 3 is 2.21 bits per heavy atom. The lowest BCUT2D eigenvalue weighted by atomic mass is 9.32. The van der Waals surface area contributed by atoms with Crippen molar-refractivity contribution in [2.24, 2.45) is 62.6 Å².